The summed E-state index contributed by atoms with van der Waals surface area (Å²) in [5.74, 6) is -0.689. The monoisotopic (exact) mass is 278 g/mol. The first-order valence-corrected chi connectivity index (χ1v) is 6.77. The normalized spacial score (nSPS) is 13.4. The zero-order valence-corrected chi connectivity index (χ0v) is 12.4. The van der Waals surface area contributed by atoms with Gasteiger partial charge in [0.25, 0.3) is 0 Å². The molecule has 1 rings (SSSR count). The van der Waals surface area contributed by atoms with Gasteiger partial charge in [-0.3, -0.25) is 0 Å². The Labute approximate surface area is 119 Å². The molecule has 1 aromatic rings. The molecule has 0 heterocycles. The van der Waals surface area contributed by atoms with Gasteiger partial charge in [-0.05, 0) is 31.4 Å². The van der Waals surface area contributed by atoms with E-state index in [1.165, 1.54) is 0 Å². The van der Waals surface area contributed by atoms with Gasteiger partial charge in [0.15, 0.2) is 0 Å². The van der Waals surface area contributed by atoms with Crippen LogP contribution in [0.15, 0.2) is 18.2 Å². The van der Waals surface area contributed by atoms with Crippen molar-refractivity contribution in [3.05, 3.63) is 29.3 Å². The standard InChI is InChI=1S/C15H22N2O3/c1-5-9(2)11(4)16-15(20)17-12-8-6-7-10(3)13(12)14(18)19/h6-9,11H,5H2,1-4H3,(H,18,19)(H2,16,17,20). The largest absolute Gasteiger partial charge is 0.478 e. The van der Waals surface area contributed by atoms with Crippen molar-refractivity contribution < 1.29 is 14.7 Å². The Morgan fingerprint density at radius 2 is 1.95 bits per heavy atom. The van der Waals surface area contributed by atoms with Crippen LogP contribution in [0.5, 0.6) is 0 Å². The molecular weight excluding hydrogens is 256 g/mol. The summed E-state index contributed by atoms with van der Waals surface area (Å²) in [7, 11) is 0. The van der Waals surface area contributed by atoms with Crippen LogP contribution in [0.1, 0.15) is 43.1 Å². The summed E-state index contributed by atoms with van der Waals surface area (Å²) in [5.41, 5.74) is 1.05. The molecule has 0 aliphatic rings. The molecule has 0 aliphatic heterocycles. The van der Waals surface area contributed by atoms with Crippen molar-refractivity contribution in [1.29, 1.82) is 0 Å². The average molecular weight is 278 g/mol. The molecule has 2 unspecified atom stereocenters. The fourth-order valence-electron chi connectivity index (χ4n) is 1.92. The number of rotatable bonds is 5. The minimum Gasteiger partial charge on any atom is -0.478 e. The molecule has 2 amide bonds. The van der Waals surface area contributed by atoms with Crippen LogP contribution in [0.4, 0.5) is 10.5 Å². The Hall–Kier alpha value is -2.04. The Bertz CT molecular complexity index is 500. The molecular formula is C15H22N2O3. The van der Waals surface area contributed by atoms with Gasteiger partial charge in [-0.2, -0.15) is 0 Å². The van der Waals surface area contributed by atoms with Gasteiger partial charge < -0.3 is 15.7 Å². The number of hydrogen-bond donors (Lipinski definition) is 3. The minimum absolute atomic E-state index is 0.0260. The number of carbonyl (C=O) groups is 2. The lowest BCUT2D eigenvalue weighted by molar-refractivity contribution is 0.0697. The average Bonchev–Trinajstić information content (AvgIpc) is 2.36. The summed E-state index contributed by atoms with van der Waals surface area (Å²) < 4.78 is 0. The van der Waals surface area contributed by atoms with E-state index in [4.69, 9.17) is 0 Å². The summed E-state index contributed by atoms with van der Waals surface area (Å²) in [6.07, 6.45) is 0.965. The van der Waals surface area contributed by atoms with Gasteiger partial charge in [-0.15, -0.1) is 0 Å². The van der Waals surface area contributed by atoms with Gasteiger partial charge in [-0.1, -0.05) is 32.4 Å². The molecule has 1 aromatic carbocycles. The van der Waals surface area contributed by atoms with E-state index in [1.807, 2.05) is 6.92 Å². The molecule has 0 saturated heterocycles. The van der Waals surface area contributed by atoms with Crippen LogP contribution in [0.3, 0.4) is 0 Å². The second-order valence-electron chi connectivity index (χ2n) is 5.08. The summed E-state index contributed by atoms with van der Waals surface area (Å²) >= 11 is 0. The van der Waals surface area contributed by atoms with E-state index in [-0.39, 0.29) is 17.6 Å². The van der Waals surface area contributed by atoms with E-state index < -0.39 is 5.97 Å². The highest BCUT2D eigenvalue weighted by Crippen LogP contribution is 2.19. The predicted molar refractivity (Wildman–Crippen MR) is 79.2 cm³/mol. The van der Waals surface area contributed by atoms with E-state index in [0.717, 1.165) is 6.42 Å². The van der Waals surface area contributed by atoms with Crippen molar-refractivity contribution in [3.63, 3.8) is 0 Å². The van der Waals surface area contributed by atoms with Gasteiger partial charge in [0, 0.05) is 6.04 Å². The van der Waals surface area contributed by atoms with Gasteiger partial charge in [0.1, 0.15) is 0 Å². The fraction of sp³-hybridized carbons (Fsp3) is 0.467. The van der Waals surface area contributed by atoms with Crippen molar-refractivity contribution in [2.45, 2.75) is 40.2 Å². The van der Waals surface area contributed by atoms with Crippen LogP contribution >= 0.6 is 0 Å². The predicted octanol–water partition coefficient (Wildman–Crippen LogP) is 3.25. The number of amides is 2. The third-order valence-corrected chi connectivity index (χ3v) is 3.59. The lowest BCUT2D eigenvalue weighted by Gasteiger charge is -2.20. The molecule has 3 N–H and O–H groups in total. The second kappa shape index (κ2) is 6.93. The van der Waals surface area contributed by atoms with Crippen molar-refractivity contribution in [1.82, 2.24) is 5.32 Å². The van der Waals surface area contributed by atoms with Crippen LogP contribution in [0.2, 0.25) is 0 Å². The van der Waals surface area contributed by atoms with Crippen LogP contribution in [0.25, 0.3) is 0 Å². The van der Waals surface area contributed by atoms with Crippen molar-refractivity contribution in [2.75, 3.05) is 5.32 Å². The maximum atomic E-state index is 11.9. The summed E-state index contributed by atoms with van der Waals surface area (Å²) in [4.78, 5) is 23.1. The molecule has 0 radical (unpaired) electrons. The van der Waals surface area contributed by atoms with Gasteiger partial charge in [0.05, 0.1) is 11.3 Å². The quantitative estimate of drug-likeness (QED) is 0.773. The number of anilines is 1. The van der Waals surface area contributed by atoms with E-state index in [9.17, 15) is 14.7 Å². The number of carbonyl (C=O) groups excluding carboxylic acids is 1. The summed E-state index contributed by atoms with van der Waals surface area (Å²) in [6, 6.07) is 4.65. The van der Waals surface area contributed by atoms with E-state index in [1.54, 1.807) is 25.1 Å². The summed E-state index contributed by atoms with van der Waals surface area (Å²) in [6.45, 7) is 7.75. The van der Waals surface area contributed by atoms with Crippen LogP contribution in [-0.2, 0) is 0 Å². The number of aryl methyl sites for hydroxylation is 1. The first kappa shape index (κ1) is 16.0. The second-order valence-corrected chi connectivity index (χ2v) is 5.08. The molecule has 2 atom stereocenters. The Balaban J connectivity index is 2.81. The van der Waals surface area contributed by atoms with E-state index in [0.29, 0.717) is 17.2 Å². The van der Waals surface area contributed by atoms with Crippen molar-refractivity contribution in [3.8, 4) is 0 Å². The van der Waals surface area contributed by atoms with Crippen molar-refractivity contribution >= 4 is 17.7 Å². The number of aromatic carboxylic acids is 1. The molecule has 0 fully saturated rings. The Morgan fingerprint density at radius 1 is 1.30 bits per heavy atom. The molecule has 5 nitrogen and oxygen atoms in total. The molecule has 0 spiro atoms. The Morgan fingerprint density at radius 3 is 2.50 bits per heavy atom. The zero-order valence-electron chi connectivity index (χ0n) is 12.4. The van der Waals surface area contributed by atoms with Gasteiger partial charge in [-0.25, -0.2) is 9.59 Å². The molecule has 0 bridgehead atoms. The highest BCUT2D eigenvalue weighted by molar-refractivity contribution is 6.01. The van der Waals surface area contributed by atoms with Crippen molar-refractivity contribution in [2.24, 2.45) is 5.92 Å². The van der Waals surface area contributed by atoms with Gasteiger partial charge >= 0.3 is 12.0 Å². The zero-order chi connectivity index (χ0) is 15.3. The first-order valence-electron chi connectivity index (χ1n) is 6.77. The number of urea groups is 1. The number of hydrogen-bond acceptors (Lipinski definition) is 2. The van der Waals surface area contributed by atoms with Gasteiger partial charge in [0.2, 0.25) is 0 Å². The third kappa shape index (κ3) is 3.98. The molecule has 0 aromatic heterocycles. The van der Waals surface area contributed by atoms with E-state index >= 15 is 0 Å². The highest BCUT2D eigenvalue weighted by atomic mass is 16.4. The lowest BCUT2D eigenvalue weighted by atomic mass is 10.0. The number of carboxylic acids is 1. The highest BCUT2D eigenvalue weighted by Gasteiger charge is 2.17. The first-order chi connectivity index (χ1) is 9.36. The lowest BCUT2D eigenvalue weighted by Crippen LogP contribution is -2.39. The van der Waals surface area contributed by atoms with Crippen LogP contribution in [0, 0.1) is 12.8 Å². The Kier molecular flexibility index (Phi) is 5.55. The smallest absolute Gasteiger partial charge is 0.338 e. The van der Waals surface area contributed by atoms with E-state index in [2.05, 4.69) is 24.5 Å². The molecule has 110 valence electrons. The SMILES string of the molecule is CCC(C)C(C)NC(=O)Nc1cccc(C)c1C(=O)O. The molecule has 5 heteroatoms. The maximum absolute atomic E-state index is 11.9. The van der Waals surface area contributed by atoms with Crippen LogP contribution < -0.4 is 10.6 Å². The molecule has 20 heavy (non-hydrogen) atoms. The third-order valence-electron chi connectivity index (χ3n) is 3.59. The fourth-order valence-corrected chi connectivity index (χ4v) is 1.92. The number of nitrogens with one attached hydrogen (secondary N) is 2. The molecule has 0 saturated carbocycles. The van der Waals surface area contributed by atoms with Crippen LogP contribution in [-0.4, -0.2) is 23.1 Å². The maximum Gasteiger partial charge on any atom is 0.338 e. The summed E-state index contributed by atoms with van der Waals surface area (Å²) in [5, 5.41) is 14.6. The molecule has 0 aliphatic carbocycles. The number of carboxylic acid groups (broad SMARTS) is 1. The topological polar surface area (TPSA) is 78.4 Å². The minimum atomic E-state index is -1.05. The number of benzene rings is 1.